The minimum absolute atomic E-state index is 0. The fourth-order valence-corrected chi connectivity index (χ4v) is 17.5. The molecule has 0 spiro atoms. The van der Waals surface area contributed by atoms with E-state index in [1.54, 1.807) is 43.1 Å². The van der Waals surface area contributed by atoms with Crippen LogP contribution in [0.2, 0.25) is 0 Å². The molecule has 1 aliphatic heterocycles. The Labute approximate surface area is 218 Å². The third-order valence-corrected chi connectivity index (χ3v) is 18.7. The van der Waals surface area contributed by atoms with E-state index in [2.05, 4.69) is 102 Å². The SMILES string of the molecule is CC1=[C]2[Zr+2][C]3=C(C)C(=C(C)C3C)[Si](c3ccccc3)(c3ccccc3)C1=C(C)C2C.[Cl-].[Cl-]. The topological polar surface area (TPSA) is 0 Å². The molecule has 5 rings (SSSR count). The summed E-state index contributed by atoms with van der Waals surface area (Å²) in [6.45, 7) is 14.8. The first kappa shape index (κ1) is 25.7. The fraction of sp³-hybridized carbons (Fsp3) is 0.286. The summed E-state index contributed by atoms with van der Waals surface area (Å²) >= 11 is -0.748. The molecule has 2 aliphatic carbocycles. The van der Waals surface area contributed by atoms with Crippen molar-refractivity contribution in [3.05, 3.63) is 99.9 Å². The van der Waals surface area contributed by atoms with Gasteiger partial charge >= 0.3 is 195 Å². The van der Waals surface area contributed by atoms with E-state index in [0.29, 0.717) is 11.8 Å². The zero-order valence-corrected chi connectivity index (χ0v) is 24.7. The van der Waals surface area contributed by atoms with Crippen molar-refractivity contribution < 1.29 is 48.0 Å². The van der Waals surface area contributed by atoms with Crippen LogP contribution in [-0.4, -0.2) is 8.07 Å². The molecule has 0 nitrogen and oxygen atoms in total. The maximum Gasteiger partial charge on any atom is -1.00 e. The zero-order chi connectivity index (χ0) is 21.2. The second-order valence-electron chi connectivity index (χ2n) is 9.24. The van der Waals surface area contributed by atoms with Crippen molar-refractivity contribution >= 4 is 18.4 Å². The van der Waals surface area contributed by atoms with Crippen LogP contribution in [-0.2, 0) is 23.2 Å². The quantitative estimate of drug-likeness (QED) is 0.454. The third-order valence-electron chi connectivity index (χ3n) is 7.94. The molecule has 3 aliphatic rings. The fourth-order valence-electron chi connectivity index (χ4n) is 6.32. The van der Waals surface area contributed by atoms with Crippen LogP contribution in [0.3, 0.4) is 0 Å². The van der Waals surface area contributed by atoms with E-state index in [0.717, 1.165) is 0 Å². The molecule has 0 saturated carbocycles. The Kier molecular flexibility index (Phi) is 7.53. The van der Waals surface area contributed by atoms with E-state index >= 15 is 0 Å². The van der Waals surface area contributed by atoms with Crippen LogP contribution in [0.1, 0.15) is 41.5 Å². The van der Waals surface area contributed by atoms with Gasteiger partial charge < -0.3 is 24.8 Å². The summed E-state index contributed by atoms with van der Waals surface area (Å²) in [5.41, 5.74) is 6.62. The van der Waals surface area contributed by atoms with Crippen LogP contribution in [0.5, 0.6) is 0 Å². The Morgan fingerprint density at radius 3 is 1.28 bits per heavy atom. The maximum atomic E-state index is 2.48. The second-order valence-corrected chi connectivity index (χ2v) is 16.2. The van der Waals surface area contributed by atoms with Crippen molar-refractivity contribution in [3.8, 4) is 0 Å². The minimum atomic E-state index is -2.36. The molecule has 164 valence electrons. The first-order chi connectivity index (χ1) is 14.4. The summed E-state index contributed by atoms with van der Waals surface area (Å²) in [6.07, 6.45) is 0. The Morgan fingerprint density at radius 2 is 0.938 bits per heavy atom. The molecule has 2 unspecified atom stereocenters. The van der Waals surface area contributed by atoms with E-state index in [9.17, 15) is 0 Å². The van der Waals surface area contributed by atoms with Crippen LogP contribution in [0.4, 0.5) is 0 Å². The number of hydrogen-bond acceptors (Lipinski definition) is 0. The number of benzene rings is 2. The van der Waals surface area contributed by atoms with Gasteiger partial charge in [-0.3, -0.25) is 0 Å². The smallest absolute Gasteiger partial charge is 1.00 e. The van der Waals surface area contributed by atoms with Crippen LogP contribution in [0, 0.1) is 11.8 Å². The summed E-state index contributed by atoms with van der Waals surface area (Å²) in [5.74, 6) is 1.25. The zero-order valence-electron chi connectivity index (χ0n) is 19.7. The summed E-state index contributed by atoms with van der Waals surface area (Å²) in [7, 11) is -2.36. The Morgan fingerprint density at radius 1 is 0.594 bits per heavy atom. The van der Waals surface area contributed by atoms with Gasteiger partial charge in [-0.2, -0.15) is 0 Å². The van der Waals surface area contributed by atoms with Gasteiger partial charge in [0, 0.05) is 0 Å². The van der Waals surface area contributed by atoms with Gasteiger partial charge in [-0.1, -0.05) is 0 Å². The van der Waals surface area contributed by atoms with Gasteiger partial charge in [-0.25, -0.2) is 0 Å². The monoisotopic (exact) mass is 554 g/mol. The second kappa shape index (κ2) is 9.38. The molecule has 0 saturated heterocycles. The van der Waals surface area contributed by atoms with Gasteiger partial charge in [0.2, 0.25) is 0 Å². The van der Waals surface area contributed by atoms with Crippen molar-refractivity contribution in [1.29, 1.82) is 0 Å². The summed E-state index contributed by atoms with van der Waals surface area (Å²) in [4.78, 5) is 0. The number of allylic oxidation sites excluding steroid dienone is 8. The largest absolute Gasteiger partial charge is 1.00 e. The molecule has 0 N–H and O–H groups in total. The van der Waals surface area contributed by atoms with Crippen molar-refractivity contribution in [2.45, 2.75) is 41.5 Å². The minimum Gasteiger partial charge on any atom is -1.00 e. The summed E-state index contributed by atoms with van der Waals surface area (Å²) in [6, 6.07) is 23.1. The van der Waals surface area contributed by atoms with Gasteiger partial charge in [-0.15, -0.1) is 0 Å². The average molecular weight is 557 g/mol. The van der Waals surface area contributed by atoms with Gasteiger partial charge in [-0.05, 0) is 0 Å². The first-order valence-electron chi connectivity index (χ1n) is 11.1. The van der Waals surface area contributed by atoms with Crippen molar-refractivity contribution in [2.75, 3.05) is 0 Å². The van der Waals surface area contributed by atoms with Gasteiger partial charge in [0.15, 0.2) is 0 Å². The Balaban J connectivity index is 0.00000144. The first-order valence-corrected chi connectivity index (χ1v) is 15.6. The maximum absolute atomic E-state index is 2.48. The van der Waals surface area contributed by atoms with Gasteiger partial charge in [0.05, 0.1) is 0 Å². The molecule has 32 heavy (non-hydrogen) atoms. The average Bonchev–Trinajstić information content (AvgIpc) is 3.12. The van der Waals surface area contributed by atoms with Crippen molar-refractivity contribution in [1.82, 2.24) is 0 Å². The van der Waals surface area contributed by atoms with E-state index in [-0.39, 0.29) is 24.8 Å². The molecule has 4 heteroatoms. The molecule has 2 aromatic carbocycles. The molecule has 1 heterocycles. The Bertz CT molecular complexity index is 1080. The van der Waals surface area contributed by atoms with Gasteiger partial charge in [0.1, 0.15) is 0 Å². The number of hydrogen-bond donors (Lipinski definition) is 0. The molecular formula is C28H30Cl2SiZr. The number of fused-ring (bicyclic) bond motifs is 2. The molecule has 0 aromatic heterocycles. The van der Waals surface area contributed by atoms with Crippen molar-refractivity contribution in [3.63, 3.8) is 0 Å². The van der Waals surface area contributed by atoms with Crippen molar-refractivity contribution in [2.24, 2.45) is 11.8 Å². The third kappa shape index (κ3) is 3.32. The van der Waals surface area contributed by atoms with Gasteiger partial charge in [0.25, 0.3) is 0 Å². The van der Waals surface area contributed by atoms with E-state index in [1.807, 2.05) is 6.56 Å². The van der Waals surface area contributed by atoms with Crippen LogP contribution in [0.25, 0.3) is 0 Å². The van der Waals surface area contributed by atoms with E-state index in [1.165, 1.54) is 0 Å². The predicted octanol–water partition coefficient (Wildman–Crippen LogP) is -0.0875. The molecular weight excluding hydrogens is 527 g/mol. The molecule has 2 aromatic rings. The normalized spacial score (nSPS) is 23.2. The number of halogens is 2. The predicted molar refractivity (Wildman–Crippen MR) is 127 cm³/mol. The summed E-state index contributed by atoms with van der Waals surface area (Å²) in [5, 5.41) is 6.55. The summed E-state index contributed by atoms with van der Waals surface area (Å²) < 4.78 is 3.68. The van der Waals surface area contributed by atoms with Crippen LogP contribution in [0.15, 0.2) is 99.9 Å². The van der Waals surface area contributed by atoms with E-state index in [4.69, 9.17) is 0 Å². The molecule has 0 fully saturated rings. The van der Waals surface area contributed by atoms with E-state index < -0.39 is 31.3 Å². The molecule has 2 atom stereocenters. The number of rotatable bonds is 2. The molecule has 0 amide bonds. The molecule has 0 radical (unpaired) electrons. The van der Waals surface area contributed by atoms with Crippen LogP contribution < -0.4 is 35.2 Å². The van der Waals surface area contributed by atoms with Crippen LogP contribution >= 0.6 is 0 Å². The standard InChI is InChI=1S/C28H30Si.2ClH.Zr/c1-19-17-21(3)27(23(19)5)29(25-13-9-7-10-14-25,26-15-11-8-12-16-26)28-22(4)18-20(2)24(28)6;;;/h7-16,19-20H,1-6H3;2*1H;/q;;;+2/p-2. The Hall–Kier alpha value is -0.920. The molecule has 4 bridgehead atoms.